The maximum atomic E-state index is 11.6. The molecule has 0 aromatic heterocycles. The quantitative estimate of drug-likeness (QED) is 0.763. The first kappa shape index (κ1) is 15.0. The van der Waals surface area contributed by atoms with Gasteiger partial charge in [0.1, 0.15) is 6.29 Å². The molecule has 0 spiro atoms. The first-order valence-corrected chi connectivity index (χ1v) is 6.28. The number of rotatable bonds is 7. The number of benzene rings is 1. The molecule has 0 radical (unpaired) electrons. The lowest BCUT2D eigenvalue weighted by Gasteiger charge is -2.17. The molecule has 1 aromatic rings. The van der Waals surface area contributed by atoms with Crippen LogP contribution >= 0.6 is 0 Å². The third-order valence-corrected chi connectivity index (χ3v) is 2.43. The molecule has 104 valence electrons. The molecule has 1 atom stereocenters. The Morgan fingerprint density at radius 3 is 2.68 bits per heavy atom. The van der Waals surface area contributed by atoms with Gasteiger partial charge in [0, 0.05) is 12.1 Å². The van der Waals surface area contributed by atoms with Crippen molar-refractivity contribution in [1.82, 2.24) is 5.32 Å². The lowest BCUT2D eigenvalue weighted by Crippen LogP contribution is -2.36. The topological polar surface area (TPSA) is 64.6 Å². The predicted octanol–water partition coefficient (Wildman–Crippen LogP) is 1.80. The highest BCUT2D eigenvalue weighted by Crippen LogP contribution is 2.28. The van der Waals surface area contributed by atoms with E-state index in [1.165, 1.54) is 0 Å². The Hall–Kier alpha value is -2.04. The standard InChI is InChI=1S/C14H19NO4/c1-4-15-14(17)10(3)19-12-7-6-11(9-16)8-13(12)18-5-2/h6-10H,4-5H2,1-3H3,(H,15,17)/t10-/m1/s1. The van der Waals surface area contributed by atoms with E-state index in [-0.39, 0.29) is 5.91 Å². The smallest absolute Gasteiger partial charge is 0.260 e. The summed E-state index contributed by atoms with van der Waals surface area (Å²) < 4.78 is 11.0. The van der Waals surface area contributed by atoms with Gasteiger partial charge in [-0.05, 0) is 39.0 Å². The Bertz CT molecular complexity index is 445. The SMILES string of the molecule is CCNC(=O)[C@@H](C)Oc1ccc(C=O)cc1OCC. The molecule has 0 saturated carbocycles. The molecule has 0 fully saturated rings. The number of amides is 1. The highest BCUT2D eigenvalue weighted by Gasteiger charge is 2.16. The largest absolute Gasteiger partial charge is 0.490 e. The van der Waals surface area contributed by atoms with Crippen LogP contribution in [0.2, 0.25) is 0 Å². The van der Waals surface area contributed by atoms with Gasteiger partial charge in [-0.2, -0.15) is 0 Å². The Morgan fingerprint density at radius 2 is 2.11 bits per heavy atom. The van der Waals surface area contributed by atoms with Crippen molar-refractivity contribution >= 4 is 12.2 Å². The van der Waals surface area contributed by atoms with Gasteiger partial charge in [-0.1, -0.05) is 0 Å². The van der Waals surface area contributed by atoms with Crippen LogP contribution in [0.3, 0.4) is 0 Å². The average molecular weight is 265 g/mol. The van der Waals surface area contributed by atoms with E-state index in [9.17, 15) is 9.59 Å². The fourth-order valence-corrected chi connectivity index (χ4v) is 1.53. The summed E-state index contributed by atoms with van der Waals surface area (Å²) in [6, 6.07) is 4.84. The molecule has 0 aliphatic rings. The minimum absolute atomic E-state index is 0.190. The van der Waals surface area contributed by atoms with Crippen LogP contribution in [0.4, 0.5) is 0 Å². The van der Waals surface area contributed by atoms with Crippen molar-refractivity contribution in [2.24, 2.45) is 0 Å². The molecule has 1 N–H and O–H groups in total. The Morgan fingerprint density at radius 1 is 1.37 bits per heavy atom. The van der Waals surface area contributed by atoms with Gasteiger partial charge < -0.3 is 14.8 Å². The van der Waals surface area contributed by atoms with E-state index in [1.54, 1.807) is 25.1 Å². The summed E-state index contributed by atoms with van der Waals surface area (Å²) in [6.45, 7) is 6.34. The second-order valence-electron chi connectivity index (χ2n) is 3.91. The lowest BCUT2D eigenvalue weighted by atomic mass is 10.2. The number of likely N-dealkylation sites (N-methyl/N-ethyl adjacent to an activating group) is 1. The molecule has 0 saturated heterocycles. The number of carbonyl (C=O) groups excluding carboxylic acids is 2. The van der Waals surface area contributed by atoms with Crippen molar-refractivity contribution in [2.75, 3.05) is 13.2 Å². The van der Waals surface area contributed by atoms with E-state index in [0.29, 0.717) is 30.2 Å². The molecule has 0 aliphatic heterocycles. The van der Waals surface area contributed by atoms with Crippen LogP contribution in [-0.4, -0.2) is 31.4 Å². The molecular weight excluding hydrogens is 246 g/mol. The van der Waals surface area contributed by atoms with Gasteiger partial charge >= 0.3 is 0 Å². The van der Waals surface area contributed by atoms with E-state index in [0.717, 1.165) is 6.29 Å². The molecule has 19 heavy (non-hydrogen) atoms. The number of ether oxygens (including phenoxy) is 2. The summed E-state index contributed by atoms with van der Waals surface area (Å²) in [5.41, 5.74) is 0.501. The number of carbonyl (C=O) groups is 2. The van der Waals surface area contributed by atoms with Crippen LogP contribution in [0.25, 0.3) is 0 Å². The molecule has 0 heterocycles. The van der Waals surface area contributed by atoms with Crippen molar-refractivity contribution in [1.29, 1.82) is 0 Å². The van der Waals surface area contributed by atoms with E-state index < -0.39 is 6.10 Å². The molecule has 1 aromatic carbocycles. The second-order valence-corrected chi connectivity index (χ2v) is 3.91. The maximum absolute atomic E-state index is 11.6. The summed E-state index contributed by atoms with van der Waals surface area (Å²) >= 11 is 0. The Balaban J connectivity index is 2.87. The van der Waals surface area contributed by atoms with Crippen LogP contribution in [0.1, 0.15) is 31.1 Å². The summed E-state index contributed by atoms with van der Waals surface area (Å²) in [4.78, 5) is 22.3. The van der Waals surface area contributed by atoms with E-state index in [1.807, 2.05) is 13.8 Å². The Kier molecular flexibility index (Phi) is 5.85. The van der Waals surface area contributed by atoms with Gasteiger partial charge in [-0.25, -0.2) is 0 Å². The average Bonchev–Trinajstić information content (AvgIpc) is 2.41. The number of hydrogen-bond acceptors (Lipinski definition) is 4. The van der Waals surface area contributed by atoms with Crippen molar-refractivity contribution in [3.8, 4) is 11.5 Å². The van der Waals surface area contributed by atoms with Gasteiger partial charge in [0.25, 0.3) is 5.91 Å². The van der Waals surface area contributed by atoms with Gasteiger partial charge in [-0.15, -0.1) is 0 Å². The van der Waals surface area contributed by atoms with E-state index in [4.69, 9.17) is 9.47 Å². The third kappa shape index (κ3) is 4.28. The van der Waals surface area contributed by atoms with Gasteiger partial charge in [-0.3, -0.25) is 9.59 Å². The first-order valence-electron chi connectivity index (χ1n) is 6.28. The van der Waals surface area contributed by atoms with Crippen LogP contribution in [0, 0.1) is 0 Å². The van der Waals surface area contributed by atoms with Crippen LogP contribution in [0.15, 0.2) is 18.2 Å². The van der Waals surface area contributed by atoms with Crippen molar-refractivity contribution in [3.63, 3.8) is 0 Å². The molecule has 5 nitrogen and oxygen atoms in total. The van der Waals surface area contributed by atoms with Gasteiger partial charge in [0.15, 0.2) is 17.6 Å². The third-order valence-electron chi connectivity index (χ3n) is 2.43. The highest BCUT2D eigenvalue weighted by molar-refractivity contribution is 5.81. The molecule has 0 aliphatic carbocycles. The fraction of sp³-hybridized carbons (Fsp3) is 0.429. The molecule has 0 bridgehead atoms. The second kappa shape index (κ2) is 7.41. The molecule has 1 amide bonds. The number of hydrogen-bond donors (Lipinski definition) is 1. The number of aldehydes is 1. The van der Waals surface area contributed by atoms with Gasteiger partial charge in [0.2, 0.25) is 0 Å². The summed E-state index contributed by atoms with van der Waals surface area (Å²) in [7, 11) is 0. The monoisotopic (exact) mass is 265 g/mol. The van der Waals surface area contributed by atoms with Crippen LogP contribution in [0.5, 0.6) is 11.5 Å². The van der Waals surface area contributed by atoms with E-state index in [2.05, 4.69) is 5.32 Å². The zero-order valence-electron chi connectivity index (χ0n) is 11.4. The van der Waals surface area contributed by atoms with Crippen molar-refractivity contribution in [2.45, 2.75) is 26.9 Å². The van der Waals surface area contributed by atoms with E-state index >= 15 is 0 Å². The first-order chi connectivity index (χ1) is 9.12. The molecule has 0 unspecified atom stereocenters. The highest BCUT2D eigenvalue weighted by atomic mass is 16.5. The van der Waals surface area contributed by atoms with Crippen LogP contribution < -0.4 is 14.8 Å². The van der Waals surface area contributed by atoms with Crippen LogP contribution in [-0.2, 0) is 4.79 Å². The molecular formula is C14H19NO4. The molecule has 5 heteroatoms. The predicted molar refractivity (Wildman–Crippen MR) is 71.8 cm³/mol. The minimum Gasteiger partial charge on any atom is -0.490 e. The van der Waals surface area contributed by atoms with Crippen molar-refractivity contribution < 1.29 is 19.1 Å². The summed E-state index contributed by atoms with van der Waals surface area (Å²) in [5.74, 6) is 0.721. The zero-order valence-corrected chi connectivity index (χ0v) is 11.4. The Labute approximate surface area is 112 Å². The minimum atomic E-state index is -0.624. The zero-order chi connectivity index (χ0) is 14.3. The fourth-order valence-electron chi connectivity index (χ4n) is 1.53. The van der Waals surface area contributed by atoms with Crippen molar-refractivity contribution in [3.05, 3.63) is 23.8 Å². The maximum Gasteiger partial charge on any atom is 0.260 e. The lowest BCUT2D eigenvalue weighted by molar-refractivity contribution is -0.127. The van der Waals surface area contributed by atoms with Gasteiger partial charge in [0.05, 0.1) is 6.61 Å². The molecule has 1 rings (SSSR count). The normalized spacial score (nSPS) is 11.5. The number of nitrogens with one attached hydrogen (secondary N) is 1. The summed E-state index contributed by atoms with van der Waals surface area (Å²) in [6.07, 6.45) is 0.112. The summed E-state index contributed by atoms with van der Waals surface area (Å²) in [5, 5.41) is 2.68.